The van der Waals surface area contributed by atoms with Crippen molar-refractivity contribution >= 4 is 17.7 Å². The monoisotopic (exact) mass is 378 g/mol. The number of rotatable bonds is 4. The Hall–Kier alpha value is -3.09. The summed E-state index contributed by atoms with van der Waals surface area (Å²) in [5.41, 5.74) is 2.22. The molecule has 1 aliphatic carbocycles. The van der Waals surface area contributed by atoms with E-state index in [-0.39, 0.29) is 18.2 Å². The number of hydrogen-bond donors (Lipinski definition) is 1. The number of hydrogen-bond acceptors (Lipinski definition) is 5. The van der Waals surface area contributed by atoms with Crippen LogP contribution in [0.4, 0.5) is 4.79 Å². The predicted octanol–water partition coefficient (Wildman–Crippen LogP) is 2.89. The Balaban J connectivity index is 1.49. The Labute approximate surface area is 163 Å². The van der Waals surface area contributed by atoms with E-state index in [2.05, 4.69) is 15.3 Å². The molecule has 3 heterocycles. The average Bonchev–Trinajstić information content (AvgIpc) is 2.93. The normalized spacial score (nSPS) is 18.4. The summed E-state index contributed by atoms with van der Waals surface area (Å²) in [4.78, 5) is 47.3. The summed E-state index contributed by atoms with van der Waals surface area (Å²) < 4.78 is 0. The van der Waals surface area contributed by atoms with Crippen molar-refractivity contribution in [2.45, 2.75) is 44.6 Å². The van der Waals surface area contributed by atoms with Crippen molar-refractivity contribution in [1.82, 2.24) is 20.2 Å². The van der Waals surface area contributed by atoms with Gasteiger partial charge in [-0.2, -0.15) is 0 Å². The molecule has 0 radical (unpaired) electrons. The maximum atomic E-state index is 12.8. The fraction of sp³-hybridized carbons (Fsp3) is 0.381. The topological polar surface area (TPSA) is 92.3 Å². The molecule has 0 aromatic carbocycles. The van der Waals surface area contributed by atoms with E-state index in [1.54, 1.807) is 24.5 Å². The van der Waals surface area contributed by atoms with E-state index in [4.69, 9.17) is 0 Å². The molecular weight excluding hydrogens is 356 g/mol. The molecule has 7 heteroatoms. The quantitative estimate of drug-likeness (QED) is 0.652. The zero-order valence-electron chi connectivity index (χ0n) is 15.8. The number of pyridine rings is 2. The van der Waals surface area contributed by atoms with Gasteiger partial charge in [-0.05, 0) is 43.5 Å². The fourth-order valence-electron chi connectivity index (χ4n) is 4.00. The zero-order chi connectivity index (χ0) is 19.7. The second kappa shape index (κ2) is 7.14. The van der Waals surface area contributed by atoms with E-state index in [9.17, 15) is 14.4 Å². The third-order valence-electron chi connectivity index (χ3n) is 5.66. The van der Waals surface area contributed by atoms with Gasteiger partial charge in [-0.3, -0.25) is 24.5 Å². The van der Waals surface area contributed by atoms with Gasteiger partial charge in [-0.25, -0.2) is 4.79 Å². The molecular formula is C21H22N4O3. The fourth-order valence-corrected chi connectivity index (χ4v) is 4.00. The van der Waals surface area contributed by atoms with E-state index >= 15 is 0 Å². The number of carbonyl (C=O) groups excluding carboxylic acids is 3. The van der Waals surface area contributed by atoms with Crippen molar-refractivity contribution in [2.24, 2.45) is 0 Å². The number of aryl methyl sites for hydroxylation is 1. The molecule has 1 saturated heterocycles. The van der Waals surface area contributed by atoms with Crippen LogP contribution in [-0.2, 0) is 4.79 Å². The van der Waals surface area contributed by atoms with Crippen LogP contribution in [0.3, 0.4) is 0 Å². The van der Waals surface area contributed by atoms with Crippen molar-refractivity contribution in [1.29, 1.82) is 0 Å². The standard InChI is InChI=1S/C21H22N4O3/c1-14-7-10-22-12-16(14)17-6-5-15(11-23-17)18(26)13-25-19(27)21(24-20(25)28)8-3-2-4-9-21/h5-7,10-12H,2-4,8-9,13H2,1H3,(H,24,28). The van der Waals surface area contributed by atoms with Gasteiger partial charge in [-0.15, -0.1) is 0 Å². The maximum absolute atomic E-state index is 12.8. The van der Waals surface area contributed by atoms with E-state index in [1.165, 1.54) is 6.20 Å². The van der Waals surface area contributed by atoms with Gasteiger partial charge in [0, 0.05) is 29.7 Å². The van der Waals surface area contributed by atoms with Crippen LogP contribution in [-0.4, -0.2) is 44.7 Å². The third-order valence-corrected chi connectivity index (χ3v) is 5.66. The minimum Gasteiger partial charge on any atom is -0.323 e. The first-order valence-corrected chi connectivity index (χ1v) is 9.54. The first-order chi connectivity index (χ1) is 13.5. The highest BCUT2D eigenvalue weighted by molar-refractivity contribution is 6.11. The number of Topliss-reactive ketones (excluding diaryl/α,β-unsaturated/α-hetero) is 1. The number of aromatic nitrogens is 2. The van der Waals surface area contributed by atoms with E-state index < -0.39 is 11.6 Å². The van der Waals surface area contributed by atoms with Crippen LogP contribution in [0.2, 0.25) is 0 Å². The number of ketones is 1. The Morgan fingerprint density at radius 2 is 1.93 bits per heavy atom. The Kier molecular flexibility index (Phi) is 4.66. The summed E-state index contributed by atoms with van der Waals surface area (Å²) in [6.07, 6.45) is 9.10. The summed E-state index contributed by atoms with van der Waals surface area (Å²) >= 11 is 0. The molecule has 0 atom stereocenters. The number of imide groups is 1. The molecule has 1 spiro atoms. The van der Waals surface area contributed by atoms with E-state index in [1.807, 2.05) is 13.0 Å². The van der Waals surface area contributed by atoms with Gasteiger partial charge in [0.1, 0.15) is 5.54 Å². The van der Waals surface area contributed by atoms with Crippen LogP contribution in [0.5, 0.6) is 0 Å². The molecule has 1 aliphatic heterocycles. The van der Waals surface area contributed by atoms with Gasteiger partial charge < -0.3 is 5.32 Å². The highest BCUT2D eigenvalue weighted by Gasteiger charge is 2.51. The van der Waals surface area contributed by atoms with Gasteiger partial charge in [0.05, 0.1) is 12.2 Å². The zero-order valence-corrected chi connectivity index (χ0v) is 15.8. The lowest BCUT2D eigenvalue weighted by Crippen LogP contribution is -2.48. The lowest BCUT2D eigenvalue weighted by atomic mass is 9.82. The average molecular weight is 378 g/mol. The van der Waals surface area contributed by atoms with Gasteiger partial charge in [0.15, 0.2) is 5.78 Å². The summed E-state index contributed by atoms with van der Waals surface area (Å²) in [6.45, 7) is 1.70. The first-order valence-electron chi connectivity index (χ1n) is 9.54. The van der Waals surface area contributed by atoms with Gasteiger partial charge in [-0.1, -0.05) is 19.3 Å². The molecule has 3 amide bonds. The predicted molar refractivity (Wildman–Crippen MR) is 103 cm³/mol. The third kappa shape index (κ3) is 3.17. The highest BCUT2D eigenvalue weighted by Crippen LogP contribution is 2.33. The molecule has 28 heavy (non-hydrogen) atoms. The van der Waals surface area contributed by atoms with Crippen LogP contribution >= 0.6 is 0 Å². The van der Waals surface area contributed by atoms with Crippen LogP contribution in [0, 0.1) is 6.92 Å². The van der Waals surface area contributed by atoms with Crippen molar-refractivity contribution in [3.8, 4) is 11.3 Å². The SMILES string of the molecule is Cc1ccncc1-c1ccc(C(=O)CN2C(=O)NC3(CCCCC3)C2=O)cn1. The van der Waals surface area contributed by atoms with Crippen molar-refractivity contribution in [3.05, 3.63) is 47.9 Å². The van der Waals surface area contributed by atoms with Gasteiger partial charge in [0.2, 0.25) is 0 Å². The van der Waals surface area contributed by atoms with Crippen LogP contribution in [0.1, 0.15) is 48.0 Å². The Morgan fingerprint density at radius 3 is 2.61 bits per heavy atom. The second-order valence-electron chi connectivity index (χ2n) is 7.51. The Bertz CT molecular complexity index is 933. The lowest BCUT2D eigenvalue weighted by molar-refractivity contribution is -0.132. The smallest absolute Gasteiger partial charge is 0.323 e. The minimum atomic E-state index is -0.810. The van der Waals surface area contributed by atoms with Gasteiger partial charge in [0.25, 0.3) is 5.91 Å². The van der Waals surface area contributed by atoms with Crippen LogP contribution in [0.15, 0.2) is 36.8 Å². The molecule has 1 N–H and O–H groups in total. The van der Waals surface area contributed by atoms with Crippen molar-refractivity contribution in [3.63, 3.8) is 0 Å². The molecule has 144 valence electrons. The molecule has 2 aromatic heterocycles. The molecule has 1 saturated carbocycles. The maximum Gasteiger partial charge on any atom is 0.325 e. The molecule has 7 nitrogen and oxygen atoms in total. The number of nitrogens with one attached hydrogen (secondary N) is 1. The molecule has 0 bridgehead atoms. The summed E-state index contributed by atoms with van der Waals surface area (Å²) in [5, 5.41) is 2.83. The highest BCUT2D eigenvalue weighted by atomic mass is 16.2. The lowest BCUT2D eigenvalue weighted by Gasteiger charge is -2.30. The molecule has 2 aliphatic rings. The number of amides is 3. The number of carbonyl (C=O) groups is 3. The van der Waals surface area contributed by atoms with E-state index in [0.29, 0.717) is 18.4 Å². The second-order valence-corrected chi connectivity index (χ2v) is 7.51. The molecule has 2 fully saturated rings. The van der Waals surface area contributed by atoms with Crippen molar-refractivity contribution in [2.75, 3.05) is 6.54 Å². The summed E-state index contributed by atoms with van der Waals surface area (Å²) in [5.74, 6) is -0.584. The number of nitrogens with zero attached hydrogens (tertiary/aromatic N) is 3. The van der Waals surface area contributed by atoms with Crippen molar-refractivity contribution < 1.29 is 14.4 Å². The van der Waals surface area contributed by atoms with Crippen LogP contribution in [0.25, 0.3) is 11.3 Å². The summed E-state index contributed by atoms with van der Waals surface area (Å²) in [7, 11) is 0. The molecule has 0 unspecified atom stereocenters. The molecule has 4 rings (SSSR count). The minimum absolute atomic E-state index is 0.265. The summed E-state index contributed by atoms with van der Waals surface area (Å²) in [6, 6.07) is 4.85. The van der Waals surface area contributed by atoms with Gasteiger partial charge >= 0.3 is 6.03 Å². The van der Waals surface area contributed by atoms with E-state index in [0.717, 1.165) is 41.0 Å². The molecule has 2 aromatic rings. The first kappa shape index (κ1) is 18.3. The number of urea groups is 1. The largest absolute Gasteiger partial charge is 0.325 e. The van der Waals surface area contributed by atoms with Crippen LogP contribution < -0.4 is 5.32 Å². The Morgan fingerprint density at radius 1 is 1.14 bits per heavy atom.